The van der Waals surface area contributed by atoms with Crippen molar-refractivity contribution < 1.29 is 10.2 Å². The molecule has 0 bridgehead atoms. The van der Waals surface area contributed by atoms with E-state index in [2.05, 4.69) is 147 Å². The van der Waals surface area contributed by atoms with E-state index in [-0.39, 0.29) is 0 Å². The summed E-state index contributed by atoms with van der Waals surface area (Å²) in [5, 5.41) is 33.3. The molecule has 0 saturated heterocycles. The van der Waals surface area contributed by atoms with Crippen LogP contribution >= 0.6 is 0 Å². The Labute approximate surface area is 299 Å². The summed E-state index contributed by atoms with van der Waals surface area (Å²) < 4.78 is 0. The highest BCUT2D eigenvalue weighted by atomic mass is 28.3. The first kappa shape index (κ1) is 32.6. The van der Waals surface area contributed by atoms with Crippen LogP contribution in [0, 0.1) is 0 Å². The summed E-state index contributed by atoms with van der Waals surface area (Å²) in [5.74, 6) is 0.742. The zero-order valence-corrected chi connectivity index (χ0v) is 31.3. The van der Waals surface area contributed by atoms with E-state index in [1.165, 1.54) is 43.0 Å². The number of fused-ring (bicyclic) bond motifs is 2. The molecule has 0 radical (unpaired) electrons. The van der Waals surface area contributed by atoms with Gasteiger partial charge in [-0.05, 0) is 105 Å². The third-order valence-corrected chi connectivity index (χ3v) is 20.8. The van der Waals surface area contributed by atoms with Crippen LogP contribution in [0.4, 0.5) is 0 Å². The van der Waals surface area contributed by atoms with Crippen molar-refractivity contribution in [3.8, 4) is 22.6 Å². The molecule has 250 valence electrons. The van der Waals surface area contributed by atoms with Gasteiger partial charge in [0, 0.05) is 11.1 Å². The molecule has 0 unspecified atom stereocenters. The van der Waals surface area contributed by atoms with Gasteiger partial charge in [0.1, 0.15) is 27.6 Å². The average Bonchev–Trinajstić information content (AvgIpc) is 3.18. The summed E-state index contributed by atoms with van der Waals surface area (Å²) in [7, 11) is -5.35. The number of benzene rings is 6. The fraction of sp³-hybridized carbons (Fsp3) is 0.217. The maximum absolute atomic E-state index is 13.0. The largest absolute Gasteiger partial charge is 0.507 e. The summed E-state index contributed by atoms with van der Waals surface area (Å²) in [4.78, 5) is 0. The Morgan fingerprint density at radius 3 is 0.980 bits per heavy atom. The topological polar surface area (TPSA) is 40.5 Å². The van der Waals surface area contributed by atoms with Crippen LogP contribution in [0.5, 0.6) is 11.5 Å². The van der Waals surface area contributed by atoms with Crippen molar-refractivity contribution in [3.63, 3.8) is 0 Å². The minimum Gasteiger partial charge on any atom is -0.507 e. The van der Waals surface area contributed by atoms with E-state index in [4.69, 9.17) is 0 Å². The van der Waals surface area contributed by atoms with Crippen molar-refractivity contribution >= 4 is 47.3 Å². The molecule has 0 atom stereocenters. The van der Waals surface area contributed by atoms with Crippen LogP contribution in [-0.2, 0) is 25.7 Å². The van der Waals surface area contributed by atoms with Gasteiger partial charge in [-0.1, -0.05) is 147 Å². The van der Waals surface area contributed by atoms with E-state index in [1.54, 1.807) is 0 Å². The first-order valence-corrected chi connectivity index (χ1v) is 23.4. The van der Waals surface area contributed by atoms with Gasteiger partial charge in [-0.25, -0.2) is 0 Å². The Morgan fingerprint density at radius 2 is 0.680 bits per heavy atom. The van der Waals surface area contributed by atoms with Gasteiger partial charge in [0.05, 0.1) is 0 Å². The second-order valence-electron chi connectivity index (χ2n) is 14.7. The lowest BCUT2D eigenvalue weighted by Crippen LogP contribution is -2.65. The summed E-state index contributed by atoms with van der Waals surface area (Å²) in [5.41, 5.74) is 6.95. The molecule has 2 nitrogen and oxygen atoms in total. The number of aromatic hydroxyl groups is 2. The van der Waals surface area contributed by atoms with Crippen LogP contribution in [0.2, 0.25) is 13.1 Å². The van der Waals surface area contributed by atoms with Gasteiger partial charge in [0.15, 0.2) is 0 Å². The van der Waals surface area contributed by atoms with Crippen LogP contribution in [0.3, 0.4) is 0 Å². The molecule has 0 spiro atoms. The van der Waals surface area contributed by atoms with Crippen LogP contribution < -0.4 is 31.1 Å². The van der Waals surface area contributed by atoms with E-state index >= 15 is 0 Å². The lowest BCUT2D eigenvalue weighted by Gasteiger charge is -2.36. The average molecular weight is 687 g/mol. The molecule has 2 aliphatic rings. The Balaban J connectivity index is 1.48. The summed E-state index contributed by atoms with van der Waals surface area (Å²) >= 11 is 0. The predicted octanol–water partition coefficient (Wildman–Crippen LogP) is 6.72. The fourth-order valence-corrected chi connectivity index (χ4v) is 16.6. The van der Waals surface area contributed by atoms with E-state index in [0.717, 1.165) is 72.9 Å². The van der Waals surface area contributed by atoms with Gasteiger partial charge in [0.25, 0.3) is 0 Å². The second kappa shape index (κ2) is 13.2. The molecule has 4 heteroatoms. The number of phenols is 2. The highest BCUT2D eigenvalue weighted by molar-refractivity contribution is 7.11. The highest BCUT2D eigenvalue weighted by Crippen LogP contribution is 2.46. The smallest absolute Gasteiger partial charge is 0.150 e. The van der Waals surface area contributed by atoms with E-state index in [0.29, 0.717) is 11.5 Å². The molecule has 0 saturated carbocycles. The summed E-state index contributed by atoms with van der Waals surface area (Å²) in [6.07, 6.45) is 8.28. The number of rotatable bonds is 7. The zero-order valence-electron chi connectivity index (χ0n) is 29.3. The van der Waals surface area contributed by atoms with Gasteiger partial charge >= 0.3 is 0 Å². The maximum atomic E-state index is 13.0. The van der Waals surface area contributed by atoms with Crippen LogP contribution in [-0.4, -0.2) is 26.4 Å². The van der Waals surface area contributed by atoms with Crippen molar-refractivity contribution in [3.05, 3.63) is 156 Å². The third kappa shape index (κ3) is 5.28. The standard InChI is InChI=1S/C46H46O2Si2/c1-49(35-21-7-3-8-22-35,36-23-9-4-10-24-36)41-31-33-19-15-17-29-39(33)43(45(41)47)44-40-30-18-16-20-34(40)32-42(46(44)48)50(2,37-25-11-5-12-26-37)38-27-13-6-14-28-38/h3-14,21-28,31-32,47-48H,15-20,29-30H2,1-2H3. The molecule has 8 rings (SSSR count). The Hall–Kier alpha value is -4.65. The fourth-order valence-electron chi connectivity index (χ4n) is 9.13. The molecule has 0 heterocycles. The number of aryl methyl sites for hydroxylation is 2. The summed E-state index contributed by atoms with van der Waals surface area (Å²) in [6, 6.07) is 48.0. The van der Waals surface area contributed by atoms with Gasteiger partial charge in [0.2, 0.25) is 0 Å². The van der Waals surface area contributed by atoms with Crippen LogP contribution in [0.25, 0.3) is 11.1 Å². The normalized spacial score (nSPS) is 14.5. The van der Waals surface area contributed by atoms with Gasteiger partial charge < -0.3 is 10.2 Å². The van der Waals surface area contributed by atoms with Crippen molar-refractivity contribution in [1.82, 2.24) is 0 Å². The molecule has 6 aromatic carbocycles. The van der Waals surface area contributed by atoms with Crippen molar-refractivity contribution in [2.45, 2.75) is 64.5 Å². The molecular formula is C46H46O2Si2. The van der Waals surface area contributed by atoms with Crippen molar-refractivity contribution in [2.24, 2.45) is 0 Å². The SMILES string of the molecule is C[Si](c1ccccc1)(c1ccccc1)c1cc2c(c(-c3c(O)c([Si](C)(c4ccccc4)c4ccccc4)cc4c3CCCC4)c1O)CCCC2. The Bertz CT molecular complexity index is 1910. The monoisotopic (exact) mass is 686 g/mol. The lowest BCUT2D eigenvalue weighted by molar-refractivity contribution is 0.470. The number of hydrogen-bond acceptors (Lipinski definition) is 2. The van der Waals surface area contributed by atoms with Crippen LogP contribution in [0.1, 0.15) is 47.9 Å². The Morgan fingerprint density at radius 1 is 0.400 bits per heavy atom. The first-order valence-electron chi connectivity index (χ1n) is 18.4. The zero-order chi connectivity index (χ0) is 34.3. The van der Waals surface area contributed by atoms with Crippen molar-refractivity contribution in [2.75, 3.05) is 0 Å². The molecule has 0 aromatic heterocycles. The minimum absolute atomic E-state index is 0.371. The molecule has 0 aliphatic heterocycles. The van der Waals surface area contributed by atoms with E-state index in [9.17, 15) is 10.2 Å². The lowest BCUT2D eigenvalue weighted by atomic mass is 9.80. The highest BCUT2D eigenvalue weighted by Gasteiger charge is 2.42. The third-order valence-electron chi connectivity index (χ3n) is 12.0. The molecule has 0 fully saturated rings. The second-order valence-corrected chi connectivity index (χ2v) is 22.6. The molecule has 0 amide bonds. The number of phenolic OH excluding ortho intramolecular Hbond substituents is 2. The van der Waals surface area contributed by atoms with Gasteiger partial charge in [-0.2, -0.15) is 0 Å². The van der Waals surface area contributed by atoms with Gasteiger partial charge in [-0.15, -0.1) is 0 Å². The molecular weight excluding hydrogens is 641 g/mol. The van der Waals surface area contributed by atoms with Crippen molar-refractivity contribution in [1.29, 1.82) is 0 Å². The molecule has 2 N–H and O–H groups in total. The molecule has 6 aromatic rings. The summed E-state index contributed by atoms with van der Waals surface area (Å²) in [6.45, 7) is 4.79. The van der Waals surface area contributed by atoms with Crippen LogP contribution in [0.15, 0.2) is 133 Å². The maximum Gasteiger partial charge on any atom is 0.150 e. The predicted molar refractivity (Wildman–Crippen MR) is 215 cm³/mol. The van der Waals surface area contributed by atoms with Gasteiger partial charge in [-0.3, -0.25) is 0 Å². The molecule has 2 aliphatic carbocycles. The Kier molecular flexibility index (Phi) is 8.62. The first-order chi connectivity index (χ1) is 24.4. The van der Waals surface area contributed by atoms with E-state index < -0.39 is 16.1 Å². The van der Waals surface area contributed by atoms with E-state index in [1.807, 2.05) is 0 Å². The number of hydrogen-bond donors (Lipinski definition) is 2. The minimum atomic E-state index is -2.68. The quantitative estimate of drug-likeness (QED) is 0.145. The molecule has 50 heavy (non-hydrogen) atoms.